The third kappa shape index (κ3) is 4.80. The van der Waals surface area contributed by atoms with Crippen LogP contribution in [0, 0.1) is 11.2 Å². The number of aliphatic hydroxyl groups excluding tert-OH is 1. The molecule has 1 atom stereocenters. The number of nitrogens with zero attached hydrogens (tertiary/aromatic N) is 3. The molecule has 3 fully saturated rings. The van der Waals surface area contributed by atoms with Crippen LogP contribution >= 0.6 is 12.4 Å². The monoisotopic (exact) mass is 530 g/mol. The van der Waals surface area contributed by atoms with Gasteiger partial charge in [0.25, 0.3) is 0 Å². The lowest BCUT2D eigenvalue weighted by atomic mass is 9.54. The summed E-state index contributed by atoms with van der Waals surface area (Å²) in [5.41, 5.74) is 2.23. The summed E-state index contributed by atoms with van der Waals surface area (Å²) in [6.07, 6.45) is 8.14. The molecule has 2 N–H and O–H groups in total. The van der Waals surface area contributed by atoms with Crippen LogP contribution in [0.1, 0.15) is 49.8 Å². The Morgan fingerprint density at radius 3 is 2.51 bits per heavy atom. The zero-order valence-corrected chi connectivity index (χ0v) is 21.7. The molecule has 3 aliphatic carbocycles. The maximum Gasteiger partial charge on any atom is 0.213 e. The summed E-state index contributed by atoms with van der Waals surface area (Å²) in [6, 6.07) is 5.43. The minimum absolute atomic E-state index is 0. The lowest BCUT2D eigenvalue weighted by molar-refractivity contribution is -0.0702. The van der Waals surface area contributed by atoms with Crippen LogP contribution in [0.2, 0.25) is 0 Å². The van der Waals surface area contributed by atoms with Crippen LogP contribution in [0.3, 0.4) is 0 Å². The standard InChI is InChI=1S/C27H31FN4O4.ClH/c1-34-24-3-2-20-25(32-24)18(19(28)15-30-20)13-23(33)26-4-7-27(8-5-26,9-6-26)31-14-17-12-21-22(16-29-17)36-11-10-35-21;/h2-3,12,15-16,23,31,33H,4-11,13-14H2,1H3;1H/t23-,26?,27?;/m1./s1. The van der Waals surface area contributed by atoms with Gasteiger partial charge in [0.1, 0.15) is 19.0 Å². The molecule has 8 nitrogen and oxygen atoms in total. The predicted octanol–water partition coefficient (Wildman–Crippen LogP) is 4.15. The van der Waals surface area contributed by atoms with Gasteiger partial charge in [-0.1, -0.05) is 0 Å². The Hall–Kier alpha value is -2.75. The maximum absolute atomic E-state index is 14.9. The number of aliphatic hydroxyl groups is 1. The normalized spacial score (nSPS) is 24.9. The average molecular weight is 531 g/mol. The SMILES string of the molecule is COc1ccc2ncc(F)c(C[C@@H](O)C34CCC(NCc5cc6c(cn5)OCCO6)(CC3)CC4)c2n1.Cl. The van der Waals surface area contributed by atoms with Crippen molar-refractivity contribution in [1.29, 1.82) is 0 Å². The Bertz CT molecular complexity index is 1270. The van der Waals surface area contributed by atoms with Crippen LogP contribution in [0.5, 0.6) is 17.4 Å². The Kier molecular flexibility index (Phi) is 7.13. The summed E-state index contributed by atoms with van der Waals surface area (Å²) >= 11 is 0. The van der Waals surface area contributed by atoms with E-state index in [0.717, 1.165) is 50.0 Å². The summed E-state index contributed by atoms with van der Waals surface area (Å²) in [4.78, 5) is 13.1. The van der Waals surface area contributed by atoms with Crippen molar-refractivity contribution in [3.05, 3.63) is 47.7 Å². The van der Waals surface area contributed by atoms with E-state index in [2.05, 4.69) is 20.3 Å². The third-order valence-corrected chi connectivity index (χ3v) is 8.49. The highest BCUT2D eigenvalue weighted by atomic mass is 35.5. The number of halogens is 2. The van der Waals surface area contributed by atoms with Gasteiger partial charge in [-0.3, -0.25) is 9.97 Å². The third-order valence-electron chi connectivity index (χ3n) is 8.49. The summed E-state index contributed by atoms with van der Waals surface area (Å²) in [7, 11) is 1.53. The number of hydrogen-bond acceptors (Lipinski definition) is 8. The molecule has 3 aromatic rings. The zero-order chi connectivity index (χ0) is 24.8. The highest BCUT2D eigenvalue weighted by Gasteiger charge is 2.51. The minimum Gasteiger partial charge on any atom is -0.486 e. The van der Waals surface area contributed by atoms with E-state index in [4.69, 9.17) is 14.2 Å². The number of aromatic nitrogens is 3. The number of hydrogen-bond donors (Lipinski definition) is 2. The molecule has 3 aromatic heterocycles. The second kappa shape index (κ2) is 10.2. The van der Waals surface area contributed by atoms with E-state index in [1.54, 1.807) is 18.3 Å². The number of methoxy groups -OCH3 is 1. The molecular formula is C27H32ClFN4O4. The van der Waals surface area contributed by atoms with Gasteiger partial charge in [0, 0.05) is 36.2 Å². The first-order valence-electron chi connectivity index (χ1n) is 12.7. The van der Waals surface area contributed by atoms with E-state index in [1.807, 2.05) is 6.07 Å². The lowest BCUT2D eigenvalue weighted by Gasteiger charge is -2.55. The second-order valence-electron chi connectivity index (χ2n) is 10.3. The van der Waals surface area contributed by atoms with Crippen molar-refractivity contribution in [2.24, 2.45) is 5.41 Å². The molecule has 37 heavy (non-hydrogen) atoms. The highest BCUT2D eigenvalue weighted by Crippen LogP contribution is 2.54. The summed E-state index contributed by atoms with van der Waals surface area (Å²) < 4.78 is 31.4. The van der Waals surface area contributed by atoms with Crippen molar-refractivity contribution in [3.63, 3.8) is 0 Å². The second-order valence-corrected chi connectivity index (χ2v) is 10.3. The van der Waals surface area contributed by atoms with Gasteiger partial charge in [0.15, 0.2) is 11.5 Å². The van der Waals surface area contributed by atoms with Crippen LogP contribution < -0.4 is 19.5 Å². The topological polar surface area (TPSA) is 98.6 Å². The first-order valence-corrected chi connectivity index (χ1v) is 12.7. The fourth-order valence-electron chi connectivity index (χ4n) is 6.14. The number of nitrogens with one attached hydrogen (secondary N) is 1. The molecule has 0 saturated heterocycles. The molecule has 0 spiro atoms. The van der Waals surface area contributed by atoms with Crippen molar-refractivity contribution >= 4 is 23.4 Å². The smallest absolute Gasteiger partial charge is 0.213 e. The minimum atomic E-state index is -0.650. The Balaban J connectivity index is 0.00000280. The molecule has 4 heterocycles. The van der Waals surface area contributed by atoms with Crippen molar-refractivity contribution < 1.29 is 23.7 Å². The van der Waals surface area contributed by atoms with Gasteiger partial charge in [-0.15, -0.1) is 12.4 Å². The van der Waals surface area contributed by atoms with Gasteiger partial charge in [-0.25, -0.2) is 9.37 Å². The van der Waals surface area contributed by atoms with Crippen LogP contribution in [0.4, 0.5) is 4.39 Å². The van der Waals surface area contributed by atoms with Crippen LogP contribution in [0.25, 0.3) is 11.0 Å². The van der Waals surface area contributed by atoms with Gasteiger partial charge in [0.05, 0.1) is 42.3 Å². The van der Waals surface area contributed by atoms with E-state index in [0.29, 0.717) is 48.0 Å². The quantitative estimate of drug-likeness (QED) is 0.470. The van der Waals surface area contributed by atoms with Crippen molar-refractivity contribution in [1.82, 2.24) is 20.3 Å². The molecule has 10 heteroatoms. The van der Waals surface area contributed by atoms with Crippen molar-refractivity contribution in [2.75, 3.05) is 20.3 Å². The largest absolute Gasteiger partial charge is 0.486 e. The first-order chi connectivity index (χ1) is 17.5. The Labute approximate surface area is 221 Å². The highest BCUT2D eigenvalue weighted by molar-refractivity contribution is 5.85. The first kappa shape index (κ1) is 25.9. The average Bonchev–Trinajstić information content (AvgIpc) is 2.94. The molecule has 0 amide bonds. The van der Waals surface area contributed by atoms with E-state index in [-0.39, 0.29) is 29.8 Å². The molecule has 2 bridgehead atoms. The predicted molar refractivity (Wildman–Crippen MR) is 138 cm³/mol. The number of fused-ring (bicyclic) bond motifs is 5. The van der Waals surface area contributed by atoms with Crippen molar-refractivity contribution in [3.8, 4) is 17.4 Å². The van der Waals surface area contributed by atoms with Gasteiger partial charge in [-0.2, -0.15) is 0 Å². The fourth-order valence-corrected chi connectivity index (χ4v) is 6.14. The van der Waals surface area contributed by atoms with Gasteiger partial charge < -0.3 is 24.6 Å². The van der Waals surface area contributed by atoms with Gasteiger partial charge >= 0.3 is 0 Å². The summed E-state index contributed by atoms with van der Waals surface area (Å²) in [5, 5.41) is 15.2. The van der Waals surface area contributed by atoms with E-state index in [1.165, 1.54) is 13.3 Å². The van der Waals surface area contributed by atoms with Gasteiger partial charge in [0.2, 0.25) is 5.88 Å². The maximum atomic E-state index is 14.9. The molecular weight excluding hydrogens is 499 g/mol. The van der Waals surface area contributed by atoms with E-state index >= 15 is 0 Å². The van der Waals surface area contributed by atoms with Gasteiger partial charge in [-0.05, 0) is 50.0 Å². The molecule has 0 radical (unpaired) electrons. The Morgan fingerprint density at radius 1 is 1.05 bits per heavy atom. The lowest BCUT2D eigenvalue weighted by Crippen LogP contribution is -2.57. The Morgan fingerprint density at radius 2 is 1.78 bits per heavy atom. The zero-order valence-electron chi connectivity index (χ0n) is 20.8. The number of rotatable bonds is 7. The van der Waals surface area contributed by atoms with E-state index in [9.17, 15) is 9.50 Å². The van der Waals surface area contributed by atoms with Crippen LogP contribution in [-0.4, -0.2) is 52.0 Å². The van der Waals surface area contributed by atoms with Crippen molar-refractivity contribution in [2.45, 2.75) is 63.1 Å². The molecule has 0 aromatic carbocycles. The number of ether oxygens (including phenoxy) is 3. The molecule has 7 rings (SSSR count). The summed E-state index contributed by atoms with van der Waals surface area (Å²) in [5.74, 6) is 1.42. The van der Waals surface area contributed by atoms with E-state index < -0.39 is 11.9 Å². The van der Waals surface area contributed by atoms with Crippen LogP contribution in [0.15, 0.2) is 30.6 Å². The molecule has 3 saturated carbocycles. The summed E-state index contributed by atoms with van der Waals surface area (Å²) in [6.45, 7) is 1.77. The van der Waals surface area contributed by atoms with Crippen LogP contribution in [-0.2, 0) is 13.0 Å². The number of pyridine rings is 3. The fraction of sp³-hybridized carbons (Fsp3) is 0.519. The molecule has 1 aliphatic heterocycles. The molecule has 0 unspecified atom stereocenters. The molecule has 198 valence electrons. The molecule has 4 aliphatic rings.